The number of benzene rings is 2. The van der Waals surface area contributed by atoms with Crippen LogP contribution in [0.25, 0.3) is 22.0 Å². The van der Waals surface area contributed by atoms with Crippen molar-refractivity contribution >= 4 is 16.7 Å². The molecule has 0 saturated carbocycles. The molecule has 2 aromatic carbocycles. The number of rotatable bonds is 5. The SMILES string of the molecule is COc1ccc(-c2[nH]ncc2CNC(=O)c2n[nH]c(=O)c3ccccc23)cc1. The van der Waals surface area contributed by atoms with Gasteiger partial charge in [0.15, 0.2) is 5.69 Å². The van der Waals surface area contributed by atoms with Gasteiger partial charge in [-0.15, -0.1) is 0 Å². The van der Waals surface area contributed by atoms with E-state index >= 15 is 0 Å². The molecule has 0 spiro atoms. The molecular formula is C20H17N5O3. The second-order valence-corrected chi connectivity index (χ2v) is 6.13. The van der Waals surface area contributed by atoms with Crippen LogP contribution in [-0.2, 0) is 6.54 Å². The molecule has 28 heavy (non-hydrogen) atoms. The second-order valence-electron chi connectivity index (χ2n) is 6.13. The lowest BCUT2D eigenvalue weighted by Crippen LogP contribution is -2.26. The topological polar surface area (TPSA) is 113 Å². The molecule has 0 aliphatic heterocycles. The monoisotopic (exact) mass is 375 g/mol. The van der Waals surface area contributed by atoms with Crippen LogP contribution in [0.3, 0.4) is 0 Å². The highest BCUT2D eigenvalue weighted by Crippen LogP contribution is 2.23. The summed E-state index contributed by atoms with van der Waals surface area (Å²) < 4.78 is 5.17. The van der Waals surface area contributed by atoms with Gasteiger partial charge >= 0.3 is 0 Å². The van der Waals surface area contributed by atoms with Gasteiger partial charge in [0.2, 0.25) is 0 Å². The largest absolute Gasteiger partial charge is 0.497 e. The Morgan fingerprint density at radius 2 is 1.82 bits per heavy atom. The van der Waals surface area contributed by atoms with Crippen molar-refractivity contribution in [1.82, 2.24) is 25.7 Å². The van der Waals surface area contributed by atoms with Gasteiger partial charge < -0.3 is 10.1 Å². The zero-order valence-corrected chi connectivity index (χ0v) is 15.0. The molecule has 8 nitrogen and oxygen atoms in total. The van der Waals surface area contributed by atoms with E-state index in [1.807, 2.05) is 24.3 Å². The fourth-order valence-corrected chi connectivity index (χ4v) is 3.00. The maximum Gasteiger partial charge on any atom is 0.272 e. The Bertz CT molecular complexity index is 1190. The summed E-state index contributed by atoms with van der Waals surface area (Å²) >= 11 is 0. The number of aromatic nitrogens is 4. The fraction of sp³-hybridized carbons (Fsp3) is 0.100. The Morgan fingerprint density at radius 1 is 1.07 bits per heavy atom. The third-order valence-corrected chi connectivity index (χ3v) is 4.45. The normalized spacial score (nSPS) is 10.8. The number of fused-ring (bicyclic) bond motifs is 1. The molecule has 0 saturated heterocycles. The highest BCUT2D eigenvalue weighted by atomic mass is 16.5. The Labute approximate surface area is 159 Å². The molecule has 0 atom stereocenters. The molecule has 1 amide bonds. The summed E-state index contributed by atoms with van der Waals surface area (Å²) in [6.45, 7) is 0.256. The Morgan fingerprint density at radius 3 is 2.57 bits per heavy atom. The Hall–Kier alpha value is -3.94. The smallest absolute Gasteiger partial charge is 0.272 e. The third-order valence-electron chi connectivity index (χ3n) is 4.45. The maximum atomic E-state index is 12.7. The van der Waals surface area contributed by atoms with Crippen molar-refractivity contribution in [3.8, 4) is 17.0 Å². The number of ether oxygens (including phenoxy) is 1. The van der Waals surface area contributed by atoms with E-state index in [9.17, 15) is 9.59 Å². The predicted molar refractivity (Wildman–Crippen MR) is 104 cm³/mol. The quantitative estimate of drug-likeness (QED) is 0.495. The average molecular weight is 375 g/mol. The molecule has 0 aliphatic carbocycles. The van der Waals surface area contributed by atoms with Crippen LogP contribution in [0.2, 0.25) is 0 Å². The van der Waals surface area contributed by atoms with Crippen LogP contribution in [0.1, 0.15) is 16.1 Å². The highest BCUT2D eigenvalue weighted by Gasteiger charge is 2.15. The van der Waals surface area contributed by atoms with E-state index in [0.717, 1.165) is 22.6 Å². The van der Waals surface area contributed by atoms with Gasteiger partial charge in [0.25, 0.3) is 11.5 Å². The average Bonchev–Trinajstić information content (AvgIpc) is 3.21. The first kappa shape index (κ1) is 17.5. The summed E-state index contributed by atoms with van der Waals surface area (Å²) in [7, 11) is 1.61. The molecule has 4 rings (SSSR count). The van der Waals surface area contributed by atoms with E-state index in [4.69, 9.17) is 4.74 Å². The van der Waals surface area contributed by atoms with Crippen molar-refractivity contribution in [2.24, 2.45) is 0 Å². The number of nitrogens with zero attached hydrogens (tertiary/aromatic N) is 2. The second kappa shape index (κ2) is 7.36. The number of carbonyl (C=O) groups is 1. The molecule has 2 aromatic heterocycles. The number of hydrogen-bond acceptors (Lipinski definition) is 5. The van der Waals surface area contributed by atoms with Gasteiger partial charge in [-0.1, -0.05) is 18.2 Å². The maximum absolute atomic E-state index is 12.7. The molecule has 0 unspecified atom stereocenters. The molecule has 4 aromatic rings. The van der Waals surface area contributed by atoms with Crippen molar-refractivity contribution in [2.45, 2.75) is 6.54 Å². The van der Waals surface area contributed by atoms with E-state index in [1.54, 1.807) is 37.6 Å². The van der Waals surface area contributed by atoms with E-state index in [-0.39, 0.29) is 23.7 Å². The number of methoxy groups -OCH3 is 1. The standard InChI is InChI=1S/C20H17N5O3/c1-28-14-8-6-12(7-9-14)17-13(11-22-23-17)10-21-20(27)18-15-4-2-3-5-16(15)19(26)25-24-18/h2-9,11H,10H2,1H3,(H,21,27)(H,22,23)(H,25,26). The number of H-pyrrole nitrogens is 2. The molecule has 0 radical (unpaired) electrons. The lowest BCUT2D eigenvalue weighted by Gasteiger charge is -2.08. The van der Waals surface area contributed by atoms with Crippen LogP contribution in [0.5, 0.6) is 5.75 Å². The number of nitrogens with one attached hydrogen (secondary N) is 3. The first-order valence-corrected chi connectivity index (χ1v) is 8.59. The summed E-state index contributed by atoms with van der Waals surface area (Å²) in [5.74, 6) is 0.378. The lowest BCUT2D eigenvalue weighted by atomic mass is 10.1. The molecule has 3 N–H and O–H groups in total. The minimum Gasteiger partial charge on any atom is -0.497 e. The summed E-state index contributed by atoms with van der Waals surface area (Å²) in [5.41, 5.74) is 2.40. The zero-order valence-electron chi connectivity index (χ0n) is 15.0. The highest BCUT2D eigenvalue weighted by molar-refractivity contribution is 6.04. The first-order chi connectivity index (χ1) is 13.7. The van der Waals surface area contributed by atoms with Crippen molar-refractivity contribution in [3.63, 3.8) is 0 Å². The summed E-state index contributed by atoms with van der Waals surface area (Å²) in [6, 6.07) is 14.4. The number of amides is 1. The van der Waals surface area contributed by atoms with Gasteiger partial charge in [-0.2, -0.15) is 10.2 Å². The van der Waals surface area contributed by atoms with Crippen LogP contribution in [0.15, 0.2) is 59.5 Å². The minimum atomic E-state index is -0.380. The number of aromatic amines is 2. The lowest BCUT2D eigenvalue weighted by molar-refractivity contribution is 0.0947. The molecular weight excluding hydrogens is 358 g/mol. The van der Waals surface area contributed by atoms with E-state index in [0.29, 0.717) is 10.8 Å². The van der Waals surface area contributed by atoms with Crippen LogP contribution in [0, 0.1) is 0 Å². The molecule has 0 aliphatic rings. The third kappa shape index (κ3) is 3.23. The number of carbonyl (C=O) groups excluding carboxylic acids is 1. The summed E-state index contributed by atoms with van der Waals surface area (Å²) in [5, 5.41) is 17.1. The van der Waals surface area contributed by atoms with Gasteiger partial charge in [0, 0.05) is 23.1 Å². The molecule has 140 valence electrons. The van der Waals surface area contributed by atoms with Crippen molar-refractivity contribution in [1.29, 1.82) is 0 Å². The van der Waals surface area contributed by atoms with Crippen molar-refractivity contribution in [2.75, 3.05) is 7.11 Å². The van der Waals surface area contributed by atoms with Gasteiger partial charge in [-0.3, -0.25) is 14.7 Å². The van der Waals surface area contributed by atoms with Gasteiger partial charge in [0.1, 0.15) is 5.75 Å². The van der Waals surface area contributed by atoms with Crippen LogP contribution < -0.4 is 15.6 Å². The van der Waals surface area contributed by atoms with Crippen molar-refractivity contribution in [3.05, 3.63) is 76.3 Å². The van der Waals surface area contributed by atoms with Gasteiger partial charge in [-0.05, 0) is 30.3 Å². The molecule has 2 heterocycles. The molecule has 8 heteroatoms. The fourth-order valence-electron chi connectivity index (χ4n) is 3.00. The summed E-state index contributed by atoms with van der Waals surface area (Å²) in [4.78, 5) is 24.5. The molecule has 0 fully saturated rings. The van der Waals surface area contributed by atoms with Crippen LogP contribution in [0.4, 0.5) is 0 Å². The first-order valence-electron chi connectivity index (χ1n) is 8.59. The number of hydrogen-bond donors (Lipinski definition) is 3. The van der Waals surface area contributed by atoms with E-state index in [2.05, 4.69) is 25.7 Å². The van der Waals surface area contributed by atoms with Crippen LogP contribution in [-0.4, -0.2) is 33.4 Å². The Balaban J connectivity index is 1.56. The predicted octanol–water partition coefficient (Wildman–Crippen LogP) is 2.25. The minimum absolute atomic E-state index is 0.171. The van der Waals surface area contributed by atoms with E-state index < -0.39 is 0 Å². The van der Waals surface area contributed by atoms with E-state index in [1.165, 1.54) is 0 Å². The van der Waals surface area contributed by atoms with Crippen LogP contribution >= 0.6 is 0 Å². The van der Waals surface area contributed by atoms with Crippen molar-refractivity contribution < 1.29 is 9.53 Å². The molecule has 0 bridgehead atoms. The van der Waals surface area contributed by atoms with Gasteiger partial charge in [0.05, 0.1) is 24.4 Å². The summed E-state index contributed by atoms with van der Waals surface area (Å²) in [6.07, 6.45) is 1.66. The Kier molecular flexibility index (Phi) is 4.59. The zero-order chi connectivity index (χ0) is 19.5. The van der Waals surface area contributed by atoms with Gasteiger partial charge in [-0.25, -0.2) is 5.10 Å².